The Morgan fingerprint density at radius 3 is 2.61 bits per heavy atom. The second kappa shape index (κ2) is 6.24. The van der Waals surface area contributed by atoms with E-state index in [-0.39, 0.29) is 0 Å². The molecule has 3 heteroatoms. The van der Waals surface area contributed by atoms with Gasteiger partial charge >= 0.3 is 0 Å². The molecule has 2 aromatic rings. The summed E-state index contributed by atoms with van der Waals surface area (Å²) >= 11 is 0. The Balaban J connectivity index is 1.71. The third-order valence-corrected chi connectivity index (χ3v) is 2.92. The monoisotopic (exact) mass is 244 g/mol. The van der Waals surface area contributed by atoms with Crippen LogP contribution in [0.2, 0.25) is 0 Å². The Kier molecular flexibility index (Phi) is 4.40. The summed E-state index contributed by atoms with van der Waals surface area (Å²) in [5.41, 5.74) is 2.40. The summed E-state index contributed by atoms with van der Waals surface area (Å²) < 4.78 is 7.80. The van der Waals surface area contributed by atoms with Crippen molar-refractivity contribution in [2.75, 3.05) is 6.61 Å². The van der Waals surface area contributed by atoms with Crippen LogP contribution in [-0.4, -0.2) is 16.2 Å². The van der Waals surface area contributed by atoms with Gasteiger partial charge in [-0.15, -0.1) is 0 Å². The molecule has 0 aliphatic heterocycles. The summed E-state index contributed by atoms with van der Waals surface area (Å²) in [7, 11) is 0. The van der Waals surface area contributed by atoms with Gasteiger partial charge < -0.3 is 9.30 Å². The van der Waals surface area contributed by atoms with Gasteiger partial charge in [-0.3, -0.25) is 0 Å². The lowest BCUT2D eigenvalue weighted by atomic mass is 10.2. The van der Waals surface area contributed by atoms with Crippen LogP contribution >= 0.6 is 0 Å². The molecule has 0 amide bonds. The highest BCUT2D eigenvalue weighted by Crippen LogP contribution is 2.12. The van der Waals surface area contributed by atoms with Gasteiger partial charge in [0.05, 0.1) is 18.6 Å². The number of benzene rings is 1. The zero-order chi connectivity index (χ0) is 12.8. The molecule has 0 radical (unpaired) electrons. The standard InChI is InChI=1S/C15H20N2O/c1-3-14-5-7-15(8-6-14)18-10-4-9-17-11-13(2)16-12-17/h5-8,11-12H,3-4,9-10H2,1-2H3. The molecule has 1 heterocycles. The molecule has 0 fully saturated rings. The molecule has 0 saturated carbocycles. The van der Waals surface area contributed by atoms with E-state index in [0.717, 1.165) is 37.4 Å². The minimum Gasteiger partial charge on any atom is -0.494 e. The van der Waals surface area contributed by atoms with Crippen molar-refractivity contribution in [3.05, 3.63) is 48.0 Å². The van der Waals surface area contributed by atoms with E-state index in [1.165, 1.54) is 5.56 Å². The highest BCUT2D eigenvalue weighted by molar-refractivity contribution is 5.27. The number of hydrogen-bond donors (Lipinski definition) is 0. The van der Waals surface area contributed by atoms with Gasteiger partial charge in [0, 0.05) is 12.7 Å². The highest BCUT2D eigenvalue weighted by atomic mass is 16.5. The SMILES string of the molecule is CCc1ccc(OCCCn2cnc(C)c2)cc1. The average Bonchev–Trinajstić information content (AvgIpc) is 2.81. The van der Waals surface area contributed by atoms with E-state index in [1.807, 2.05) is 25.4 Å². The molecule has 0 saturated heterocycles. The van der Waals surface area contributed by atoms with E-state index in [0.29, 0.717) is 0 Å². The second-order valence-corrected chi connectivity index (χ2v) is 4.45. The molecule has 0 atom stereocenters. The number of ether oxygens (including phenoxy) is 1. The molecule has 18 heavy (non-hydrogen) atoms. The minimum atomic E-state index is 0.739. The van der Waals surface area contributed by atoms with Crippen LogP contribution in [0.15, 0.2) is 36.8 Å². The fraction of sp³-hybridized carbons (Fsp3) is 0.400. The normalized spacial score (nSPS) is 10.6. The molecular formula is C15H20N2O. The Hall–Kier alpha value is -1.77. The van der Waals surface area contributed by atoms with Gasteiger partial charge in [0.2, 0.25) is 0 Å². The Labute approximate surface area is 108 Å². The van der Waals surface area contributed by atoms with Gasteiger partial charge in [-0.1, -0.05) is 19.1 Å². The van der Waals surface area contributed by atoms with Gasteiger partial charge in [0.1, 0.15) is 5.75 Å². The summed E-state index contributed by atoms with van der Waals surface area (Å²) in [5.74, 6) is 0.953. The van der Waals surface area contributed by atoms with Crippen molar-refractivity contribution >= 4 is 0 Å². The summed E-state index contributed by atoms with van der Waals surface area (Å²) in [4.78, 5) is 4.19. The van der Waals surface area contributed by atoms with E-state index in [9.17, 15) is 0 Å². The average molecular weight is 244 g/mol. The fourth-order valence-corrected chi connectivity index (χ4v) is 1.85. The van der Waals surface area contributed by atoms with Crippen molar-refractivity contribution in [3.8, 4) is 5.75 Å². The predicted octanol–water partition coefficient (Wildman–Crippen LogP) is 3.22. The lowest BCUT2D eigenvalue weighted by Gasteiger charge is -2.07. The van der Waals surface area contributed by atoms with Gasteiger partial charge in [0.25, 0.3) is 0 Å². The van der Waals surface area contributed by atoms with E-state index in [2.05, 4.69) is 34.8 Å². The van der Waals surface area contributed by atoms with Crippen molar-refractivity contribution < 1.29 is 4.74 Å². The lowest BCUT2D eigenvalue weighted by Crippen LogP contribution is -2.03. The number of nitrogens with zero attached hydrogens (tertiary/aromatic N) is 2. The topological polar surface area (TPSA) is 27.1 Å². The third kappa shape index (κ3) is 3.62. The van der Waals surface area contributed by atoms with Crippen molar-refractivity contribution in [1.29, 1.82) is 0 Å². The molecule has 1 aromatic carbocycles. The van der Waals surface area contributed by atoms with E-state index in [4.69, 9.17) is 4.74 Å². The number of aryl methyl sites for hydroxylation is 3. The van der Waals surface area contributed by atoms with Crippen LogP contribution in [0, 0.1) is 6.92 Å². The van der Waals surface area contributed by atoms with E-state index < -0.39 is 0 Å². The molecule has 1 aromatic heterocycles. The quantitative estimate of drug-likeness (QED) is 0.729. The van der Waals surface area contributed by atoms with E-state index in [1.54, 1.807) is 0 Å². The number of hydrogen-bond acceptors (Lipinski definition) is 2. The molecule has 0 bridgehead atoms. The van der Waals surface area contributed by atoms with Crippen molar-refractivity contribution in [2.45, 2.75) is 33.2 Å². The first-order chi connectivity index (χ1) is 8.78. The summed E-state index contributed by atoms with van der Waals surface area (Å²) in [6.45, 7) is 5.85. The van der Waals surface area contributed by atoms with Gasteiger partial charge in [-0.2, -0.15) is 0 Å². The van der Waals surface area contributed by atoms with Crippen LogP contribution in [0.1, 0.15) is 24.6 Å². The number of rotatable bonds is 6. The Morgan fingerprint density at radius 2 is 2.00 bits per heavy atom. The van der Waals surface area contributed by atoms with E-state index >= 15 is 0 Å². The molecule has 0 unspecified atom stereocenters. The van der Waals surface area contributed by atoms with Crippen molar-refractivity contribution in [3.63, 3.8) is 0 Å². The summed E-state index contributed by atoms with van der Waals surface area (Å²) in [5, 5.41) is 0. The summed E-state index contributed by atoms with van der Waals surface area (Å²) in [6.07, 6.45) is 5.98. The second-order valence-electron chi connectivity index (χ2n) is 4.45. The van der Waals surface area contributed by atoms with Crippen molar-refractivity contribution in [2.24, 2.45) is 0 Å². The minimum absolute atomic E-state index is 0.739. The molecule has 3 nitrogen and oxygen atoms in total. The van der Waals surface area contributed by atoms with Crippen LogP contribution < -0.4 is 4.74 Å². The van der Waals surface area contributed by atoms with Gasteiger partial charge in [-0.05, 0) is 37.5 Å². The van der Waals surface area contributed by atoms with Crippen LogP contribution in [0.5, 0.6) is 5.75 Å². The third-order valence-electron chi connectivity index (χ3n) is 2.92. The highest BCUT2D eigenvalue weighted by Gasteiger charge is 1.96. The fourth-order valence-electron chi connectivity index (χ4n) is 1.85. The molecule has 0 aliphatic rings. The first kappa shape index (κ1) is 12.7. The number of aromatic nitrogens is 2. The molecule has 0 N–H and O–H groups in total. The zero-order valence-electron chi connectivity index (χ0n) is 11.1. The van der Waals surface area contributed by atoms with Gasteiger partial charge in [0.15, 0.2) is 0 Å². The molecule has 96 valence electrons. The van der Waals surface area contributed by atoms with Crippen LogP contribution in [-0.2, 0) is 13.0 Å². The van der Waals surface area contributed by atoms with Gasteiger partial charge in [-0.25, -0.2) is 4.98 Å². The Bertz CT molecular complexity index is 473. The Morgan fingerprint density at radius 1 is 1.22 bits per heavy atom. The summed E-state index contributed by atoms with van der Waals surface area (Å²) in [6, 6.07) is 8.32. The maximum Gasteiger partial charge on any atom is 0.119 e. The maximum absolute atomic E-state index is 5.70. The first-order valence-corrected chi connectivity index (χ1v) is 6.48. The smallest absolute Gasteiger partial charge is 0.119 e. The molecule has 0 spiro atoms. The molecular weight excluding hydrogens is 224 g/mol. The first-order valence-electron chi connectivity index (χ1n) is 6.48. The molecule has 2 rings (SSSR count). The van der Waals surface area contributed by atoms with Crippen LogP contribution in [0.4, 0.5) is 0 Å². The van der Waals surface area contributed by atoms with Crippen molar-refractivity contribution in [1.82, 2.24) is 9.55 Å². The molecule has 0 aliphatic carbocycles. The predicted molar refractivity (Wildman–Crippen MR) is 72.9 cm³/mol. The lowest BCUT2D eigenvalue weighted by molar-refractivity contribution is 0.301. The van der Waals surface area contributed by atoms with Crippen LogP contribution in [0.3, 0.4) is 0 Å². The zero-order valence-corrected chi connectivity index (χ0v) is 11.1. The largest absolute Gasteiger partial charge is 0.494 e. The number of imidazole rings is 1. The van der Waals surface area contributed by atoms with Crippen LogP contribution in [0.25, 0.3) is 0 Å². The maximum atomic E-state index is 5.70.